The lowest BCUT2D eigenvalue weighted by molar-refractivity contribution is 0.0374. The van der Waals surface area contributed by atoms with Gasteiger partial charge in [-0.05, 0) is 30.5 Å². The van der Waals surface area contributed by atoms with E-state index in [4.69, 9.17) is 4.74 Å². The van der Waals surface area contributed by atoms with Gasteiger partial charge in [-0.2, -0.15) is 0 Å². The molecule has 0 unspecified atom stereocenters. The van der Waals surface area contributed by atoms with E-state index in [1.807, 2.05) is 18.2 Å². The summed E-state index contributed by atoms with van der Waals surface area (Å²) in [6.45, 7) is 5.07. The average Bonchev–Trinajstić information content (AvgIpc) is 2.59. The molecule has 0 saturated carbocycles. The number of hydrogen-bond acceptors (Lipinski definition) is 5. The van der Waals surface area contributed by atoms with Crippen molar-refractivity contribution in [2.45, 2.75) is 6.42 Å². The number of hydrogen-bond donors (Lipinski definition) is 1. The average molecular weight is 332 g/mol. The largest absolute Gasteiger partial charge is 0.379 e. The Morgan fingerprint density at radius 3 is 2.87 bits per heavy atom. The molecular weight excluding hydrogens is 312 g/mol. The Morgan fingerprint density at radius 2 is 2.04 bits per heavy atom. The predicted octanol–water partition coefficient (Wildman–Crippen LogP) is 1.71. The van der Waals surface area contributed by atoms with Crippen LogP contribution in [0, 0.1) is 0 Å². The fourth-order valence-corrected chi connectivity index (χ4v) is 3.51. The molecule has 0 radical (unpaired) electrons. The van der Waals surface area contributed by atoms with Gasteiger partial charge < -0.3 is 10.1 Å². The fourth-order valence-electron chi connectivity index (χ4n) is 2.66. The van der Waals surface area contributed by atoms with Crippen LogP contribution in [-0.4, -0.2) is 50.2 Å². The van der Waals surface area contributed by atoms with E-state index in [-0.39, 0.29) is 10.6 Å². The Labute approximate surface area is 138 Å². The minimum absolute atomic E-state index is 0.0680. The summed E-state index contributed by atoms with van der Waals surface area (Å²) in [4.78, 5) is 27.1. The summed E-state index contributed by atoms with van der Waals surface area (Å²) in [6, 6.07) is 9.15. The Morgan fingerprint density at radius 1 is 1.26 bits per heavy atom. The molecule has 0 atom stereocenters. The van der Waals surface area contributed by atoms with Crippen LogP contribution in [0.1, 0.15) is 16.1 Å². The van der Waals surface area contributed by atoms with Crippen molar-refractivity contribution in [2.75, 3.05) is 39.4 Å². The van der Waals surface area contributed by atoms with Gasteiger partial charge in [0.25, 0.3) is 5.91 Å². The van der Waals surface area contributed by atoms with Gasteiger partial charge in [-0.1, -0.05) is 29.5 Å². The van der Waals surface area contributed by atoms with E-state index in [2.05, 4.69) is 10.2 Å². The second-order valence-electron chi connectivity index (χ2n) is 5.55. The molecule has 1 N–H and O–H groups in total. The lowest BCUT2D eigenvalue weighted by atomic mass is 10.2. The Balaban J connectivity index is 1.55. The third kappa shape index (κ3) is 4.16. The van der Waals surface area contributed by atoms with Crippen molar-refractivity contribution >= 4 is 28.0 Å². The molecule has 1 aliphatic rings. The van der Waals surface area contributed by atoms with Crippen LogP contribution >= 0.6 is 11.3 Å². The minimum Gasteiger partial charge on any atom is -0.379 e. The molecule has 2 heterocycles. The number of amides is 1. The van der Waals surface area contributed by atoms with Crippen LogP contribution in [0.5, 0.6) is 0 Å². The molecule has 1 saturated heterocycles. The fraction of sp³-hybridized carbons (Fsp3) is 0.412. The molecule has 3 rings (SSSR count). The lowest BCUT2D eigenvalue weighted by Gasteiger charge is -2.26. The van der Waals surface area contributed by atoms with E-state index in [0.717, 1.165) is 56.0 Å². The molecule has 6 heteroatoms. The summed E-state index contributed by atoms with van der Waals surface area (Å²) < 4.78 is 5.24. The number of morpholine rings is 1. The van der Waals surface area contributed by atoms with Crippen molar-refractivity contribution in [3.63, 3.8) is 0 Å². The summed E-state index contributed by atoms with van der Waals surface area (Å²) in [5.74, 6) is -0.167. The van der Waals surface area contributed by atoms with Crippen molar-refractivity contribution in [1.82, 2.24) is 10.2 Å². The first kappa shape index (κ1) is 16.1. The number of carbonyl (C=O) groups is 1. The van der Waals surface area contributed by atoms with Gasteiger partial charge in [0.2, 0.25) is 4.74 Å². The number of carbonyl (C=O) groups excluding carboxylic acids is 1. The first-order valence-corrected chi connectivity index (χ1v) is 8.67. The Hall–Kier alpha value is -1.76. The van der Waals surface area contributed by atoms with E-state index >= 15 is 0 Å². The van der Waals surface area contributed by atoms with Crippen LogP contribution in [0.4, 0.5) is 0 Å². The molecule has 23 heavy (non-hydrogen) atoms. The quantitative estimate of drug-likeness (QED) is 0.847. The molecule has 1 aliphatic heterocycles. The molecule has 1 aromatic carbocycles. The van der Waals surface area contributed by atoms with Crippen LogP contribution in [0.15, 0.2) is 35.1 Å². The molecule has 1 aromatic heterocycles. The summed E-state index contributed by atoms with van der Waals surface area (Å²) in [6.07, 6.45) is 0.897. The Bertz CT molecular complexity index is 738. The standard InChI is InChI=1S/C17H20N2O3S/c20-16(18-6-3-7-19-8-10-22-11-9-19)15-12-13-4-1-2-5-14(13)17(21)23-15/h1-2,4-5,12H,3,6-11H2,(H,18,20). The van der Waals surface area contributed by atoms with E-state index in [1.165, 1.54) is 0 Å². The molecule has 2 aromatic rings. The number of ether oxygens (including phenoxy) is 1. The molecule has 0 aliphatic carbocycles. The van der Waals surface area contributed by atoms with Crippen molar-refractivity contribution < 1.29 is 9.53 Å². The smallest absolute Gasteiger partial charge is 0.261 e. The number of rotatable bonds is 5. The van der Waals surface area contributed by atoms with Crippen molar-refractivity contribution in [3.8, 4) is 0 Å². The maximum atomic E-state index is 12.2. The van der Waals surface area contributed by atoms with Gasteiger partial charge in [0, 0.05) is 25.0 Å². The number of nitrogens with one attached hydrogen (secondary N) is 1. The second kappa shape index (κ2) is 7.68. The predicted molar refractivity (Wildman–Crippen MR) is 92.3 cm³/mol. The first-order valence-electron chi connectivity index (χ1n) is 7.85. The minimum atomic E-state index is -0.167. The normalized spacial score (nSPS) is 15.7. The first-order chi connectivity index (χ1) is 11.2. The van der Waals surface area contributed by atoms with E-state index in [1.54, 1.807) is 12.1 Å². The summed E-state index contributed by atoms with van der Waals surface area (Å²) in [5.41, 5.74) is 0. The van der Waals surface area contributed by atoms with Gasteiger partial charge in [0.15, 0.2) is 0 Å². The van der Waals surface area contributed by atoms with Crippen LogP contribution in [0.25, 0.3) is 10.8 Å². The van der Waals surface area contributed by atoms with Gasteiger partial charge in [-0.25, -0.2) is 0 Å². The van der Waals surface area contributed by atoms with Crippen molar-refractivity contribution in [3.05, 3.63) is 44.7 Å². The van der Waals surface area contributed by atoms with E-state index < -0.39 is 0 Å². The molecule has 0 bridgehead atoms. The van der Waals surface area contributed by atoms with E-state index in [0.29, 0.717) is 16.8 Å². The highest BCUT2D eigenvalue weighted by atomic mass is 32.1. The van der Waals surface area contributed by atoms with Gasteiger partial charge in [-0.3, -0.25) is 14.5 Å². The SMILES string of the molecule is O=C(NCCCN1CCOCC1)c1cc2ccccc2c(=O)s1. The number of nitrogens with zero attached hydrogens (tertiary/aromatic N) is 1. The molecule has 1 fully saturated rings. The van der Waals surface area contributed by atoms with Crippen LogP contribution in [0.3, 0.4) is 0 Å². The topological polar surface area (TPSA) is 58.6 Å². The van der Waals surface area contributed by atoms with Gasteiger partial charge in [0.05, 0.1) is 18.1 Å². The molecular formula is C17H20N2O3S. The number of fused-ring (bicyclic) bond motifs is 1. The van der Waals surface area contributed by atoms with Crippen molar-refractivity contribution in [1.29, 1.82) is 0 Å². The highest BCUT2D eigenvalue weighted by molar-refractivity contribution is 7.12. The summed E-state index contributed by atoms with van der Waals surface area (Å²) in [5, 5.41) is 4.39. The van der Waals surface area contributed by atoms with Gasteiger partial charge >= 0.3 is 0 Å². The summed E-state index contributed by atoms with van der Waals surface area (Å²) in [7, 11) is 0. The lowest BCUT2D eigenvalue weighted by Crippen LogP contribution is -2.38. The van der Waals surface area contributed by atoms with Gasteiger partial charge in [0.1, 0.15) is 0 Å². The van der Waals surface area contributed by atoms with Crippen molar-refractivity contribution in [2.24, 2.45) is 0 Å². The van der Waals surface area contributed by atoms with Crippen LogP contribution in [-0.2, 0) is 4.74 Å². The zero-order valence-corrected chi connectivity index (χ0v) is 13.7. The molecule has 0 spiro atoms. The van der Waals surface area contributed by atoms with E-state index in [9.17, 15) is 9.59 Å². The highest BCUT2D eigenvalue weighted by Crippen LogP contribution is 2.14. The number of benzene rings is 1. The summed E-state index contributed by atoms with van der Waals surface area (Å²) >= 11 is 1.01. The second-order valence-corrected chi connectivity index (χ2v) is 6.56. The molecule has 5 nitrogen and oxygen atoms in total. The zero-order valence-electron chi connectivity index (χ0n) is 12.9. The third-order valence-electron chi connectivity index (χ3n) is 3.93. The monoisotopic (exact) mass is 332 g/mol. The maximum absolute atomic E-state index is 12.2. The third-order valence-corrected chi connectivity index (χ3v) is 4.86. The van der Waals surface area contributed by atoms with Crippen LogP contribution < -0.4 is 10.1 Å². The Kier molecular flexibility index (Phi) is 5.38. The maximum Gasteiger partial charge on any atom is 0.261 e. The molecule has 1 amide bonds. The highest BCUT2D eigenvalue weighted by Gasteiger charge is 2.11. The zero-order chi connectivity index (χ0) is 16.1. The molecule has 122 valence electrons. The van der Waals surface area contributed by atoms with Crippen LogP contribution in [0.2, 0.25) is 0 Å². The van der Waals surface area contributed by atoms with Gasteiger partial charge in [-0.15, -0.1) is 0 Å².